The number of amides is 3. The SMILES string of the molecule is CC1Oc2cc(NC(=O)c3cc(F)cc(C(F)(F)F)c3)c3c(c2NC1=O)C(=O)NC3c1cc(F)ccc1Cl. The zero-order valence-electron chi connectivity index (χ0n) is 19.1. The average Bonchev–Trinajstić information content (AvgIpc) is 3.18. The molecule has 0 bridgehead atoms. The molecule has 0 spiro atoms. The fourth-order valence-corrected chi connectivity index (χ4v) is 4.55. The zero-order valence-corrected chi connectivity index (χ0v) is 19.9. The van der Waals surface area contributed by atoms with Crippen molar-refractivity contribution in [2.24, 2.45) is 0 Å². The summed E-state index contributed by atoms with van der Waals surface area (Å²) in [6.45, 7) is 1.44. The maximum Gasteiger partial charge on any atom is 0.416 e. The first-order valence-corrected chi connectivity index (χ1v) is 11.3. The molecule has 5 rings (SSSR count). The Bertz CT molecular complexity index is 1540. The predicted molar refractivity (Wildman–Crippen MR) is 125 cm³/mol. The van der Waals surface area contributed by atoms with E-state index < -0.39 is 58.8 Å². The summed E-state index contributed by atoms with van der Waals surface area (Å²) in [4.78, 5) is 38.4. The lowest BCUT2D eigenvalue weighted by Crippen LogP contribution is -2.35. The molecule has 2 heterocycles. The van der Waals surface area contributed by atoms with E-state index in [1.807, 2.05) is 0 Å². The highest BCUT2D eigenvalue weighted by molar-refractivity contribution is 6.31. The lowest BCUT2D eigenvalue weighted by Gasteiger charge is -2.26. The van der Waals surface area contributed by atoms with E-state index in [0.717, 1.165) is 12.1 Å². The first kappa shape index (κ1) is 25.5. The van der Waals surface area contributed by atoms with Crippen molar-refractivity contribution in [3.05, 3.63) is 86.9 Å². The fourth-order valence-electron chi connectivity index (χ4n) is 4.32. The van der Waals surface area contributed by atoms with Crippen LogP contribution < -0.4 is 20.7 Å². The minimum atomic E-state index is -4.91. The molecule has 0 aliphatic carbocycles. The molecule has 7 nitrogen and oxygen atoms in total. The molecule has 0 saturated heterocycles. The molecule has 2 atom stereocenters. The first-order chi connectivity index (χ1) is 17.8. The summed E-state index contributed by atoms with van der Waals surface area (Å²) < 4.78 is 73.2. The van der Waals surface area contributed by atoms with Crippen LogP contribution >= 0.6 is 11.6 Å². The van der Waals surface area contributed by atoms with E-state index in [2.05, 4.69) is 16.0 Å². The van der Waals surface area contributed by atoms with Crippen LogP contribution in [-0.2, 0) is 11.0 Å². The Labute approximate surface area is 215 Å². The summed E-state index contributed by atoms with van der Waals surface area (Å²) >= 11 is 6.26. The van der Waals surface area contributed by atoms with Crippen LogP contribution in [0.5, 0.6) is 5.75 Å². The number of carbonyl (C=O) groups excluding carboxylic acids is 3. The second kappa shape index (κ2) is 8.98. The van der Waals surface area contributed by atoms with E-state index in [-0.39, 0.29) is 44.9 Å². The fraction of sp³-hybridized carbons (Fsp3) is 0.160. The van der Waals surface area contributed by atoms with Gasteiger partial charge in [-0.05, 0) is 43.3 Å². The van der Waals surface area contributed by atoms with Gasteiger partial charge in [-0.25, -0.2) is 8.78 Å². The highest BCUT2D eigenvalue weighted by Crippen LogP contribution is 2.47. The van der Waals surface area contributed by atoms with E-state index in [1.54, 1.807) is 0 Å². The van der Waals surface area contributed by atoms with Crippen molar-refractivity contribution in [1.82, 2.24) is 5.32 Å². The average molecular weight is 552 g/mol. The number of alkyl halides is 3. The quantitative estimate of drug-likeness (QED) is 0.378. The van der Waals surface area contributed by atoms with Gasteiger partial charge in [0.25, 0.3) is 17.7 Å². The maximum atomic E-state index is 14.1. The van der Waals surface area contributed by atoms with Crippen LogP contribution in [0.25, 0.3) is 0 Å². The molecule has 0 radical (unpaired) electrons. The number of ether oxygens (including phenoxy) is 1. The third-order valence-corrected chi connectivity index (χ3v) is 6.39. The van der Waals surface area contributed by atoms with E-state index in [0.29, 0.717) is 12.1 Å². The van der Waals surface area contributed by atoms with Gasteiger partial charge >= 0.3 is 6.18 Å². The molecule has 0 aromatic heterocycles. The van der Waals surface area contributed by atoms with Crippen molar-refractivity contribution >= 4 is 40.7 Å². The van der Waals surface area contributed by atoms with Gasteiger partial charge in [0, 0.05) is 27.8 Å². The second-order valence-corrected chi connectivity index (χ2v) is 9.00. The van der Waals surface area contributed by atoms with Crippen LogP contribution in [0.15, 0.2) is 42.5 Å². The predicted octanol–water partition coefficient (Wildman–Crippen LogP) is 5.44. The summed E-state index contributed by atoms with van der Waals surface area (Å²) in [7, 11) is 0. The van der Waals surface area contributed by atoms with Crippen molar-refractivity contribution < 1.29 is 41.1 Å². The zero-order chi connectivity index (χ0) is 27.5. The van der Waals surface area contributed by atoms with E-state index in [4.69, 9.17) is 16.3 Å². The number of halogens is 6. The molecule has 2 aliphatic heterocycles. The molecule has 0 saturated carbocycles. The third kappa shape index (κ3) is 4.40. The summed E-state index contributed by atoms with van der Waals surface area (Å²) in [5.41, 5.74) is -2.13. The van der Waals surface area contributed by atoms with Crippen molar-refractivity contribution in [3.63, 3.8) is 0 Å². The van der Waals surface area contributed by atoms with Crippen molar-refractivity contribution in [2.75, 3.05) is 10.6 Å². The highest BCUT2D eigenvalue weighted by atomic mass is 35.5. The first-order valence-electron chi connectivity index (χ1n) is 11.0. The van der Waals surface area contributed by atoms with Crippen LogP contribution in [0.1, 0.15) is 50.4 Å². The van der Waals surface area contributed by atoms with Gasteiger partial charge in [-0.15, -0.1) is 0 Å². The topological polar surface area (TPSA) is 96.5 Å². The third-order valence-electron chi connectivity index (χ3n) is 6.05. The second-order valence-electron chi connectivity index (χ2n) is 8.59. The molecule has 13 heteroatoms. The molecule has 3 N–H and O–H groups in total. The van der Waals surface area contributed by atoms with Gasteiger partial charge in [0.05, 0.1) is 28.5 Å². The summed E-state index contributed by atoms with van der Waals surface area (Å²) in [6, 6.07) is 4.87. The van der Waals surface area contributed by atoms with E-state index in [1.165, 1.54) is 19.1 Å². The number of benzene rings is 3. The van der Waals surface area contributed by atoms with Crippen molar-refractivity contribution in [2.45, 2.75) is 25.2 Å². The molecule has 3 aromatic carbocycles. The molecular weight excluding hydrogens is 537 g/mol. The van der Waals surface area contributed by atoms with Crippen LogP contribution in [0, 0.1) is 11.6 Å². The summed E-state index contributed by atoms with van der Waals surface area (Å²) in [5, 5.41) is 7.64. The van der Waals surface area contributed by atoms with Gasteiger partial charge in [-0.3, -0.25) is 14.4 Å². The van der Waals surface area contributed by atoms with Gasteiger partial charge < -0.3 is 20.7 Å². The maximum absolute atomic E-state index is 14.1. The minimum absolute atomic E-state index is 0.0116. The van der Waals surface area contributed by atoms with Gasteiger partial charge in [0.2, 0.25) is 0 Å². The normalized spacial score (nSPS) is 18.2. The molecule has 2 aliphatic rings. The number of fused-ring (bicyclic) bond motifs is 3. The van der Waals surface area contributed by atoms with Gasteiger partial charge in [-0.1, -0.05) is 11.6 Å². The smallest absolute Gasteiger partial charge is 0.416 e. The summed E-state index contributed by atoms with van der Waals surface area (Å²) in [5.74, 6) is -4.39. The number of rotatable bonds is 3. The number of hydrogen-bond acceptors (Lipinski definition) is 4. The number of nitrogens with one attached hydrogen (secondary N) is 3. The van der Waals surface area contributed by atoms with Crippen LogP contribution in [0.2, 0.25) is 5.02 Å². The van der Waals surface area contributed by atoms with Crippen molar-refractivity contribution in [1.29, 1.82) is 0 Å². The molecule has 38 heavy (non-hydrogen) atoms. The van der Waals surface area contributed by atoms with Gasteiger partial charge in [0.15, 0.2) is 6.10 Å². The largest absolute Gasteiger partial charge is 0.479 e. The van der Waals surface area contributed by atoms with E-state index >= 15 is 0 Å². The Balaban J connectivity index is 1.67. The molecular formula is C25H15ClF5N3O4. The Hall–Kier alpha value is -4.19. The van der Waals surface area contributed by atoms with Gasteiger partial charge in [-0.2, -0.15) is 13.2 Å². The molecule has 3 aromatic rings. The summed E-state index contributed by atoms with van der Waals surface area (Å²) in [6.07, 6.45) is -5.89. The minimum Gasteiger partial charge on any atom is -0.479 e. The van der Waals surface area contributed by atoms with Crippen molar-refractivity contribution in [3.8, 4) is 5.75 Å². The number of anilines is 2. The molecule has 3 amide bonds. The molecule has 196 valence electrons. The monoisotopic (exact) mass is 551 g/mol. The number of hydrogen-bond donors (Lipinski definition) is 3. The Kier molecular flexibility index (Phi) is 6.02. The van der Waals surface area contributed by atoms with Crippen LogP contribution in [0.4, 0.5) is 33.3 Å². The van der Waals surface area contributed by atoms with E-state index in [9.17, 15) is 36.3 Å². The number of carbonyl (C=O) groups is 3. The lowest BCUT2D eigenvalue weighted by molar-refractivity contribution is -0.137. The standard InChI is InChI=1S/C25H15ClF5N3O4/c1-9-22(35)34-21-17(38-9)8-16(32-23(36)10-4-11(25(29,30)31)6-13(28)5-10)18-19(21)24(37)33-20(18)14-7-12(27)2-3-15(14)26/h2-9,20H,1H3,(H,32,36)(H,33,37)(H,34,35). The Morgan fingerprint density at radius 2 is 1.79 bits per heavy atom. The Morgan fingerprint density at radius 1 is 1.05 bits per heavy atom. The Morgan fingerprint density at radius 3 is 2.50 bits per heavy atom. The van der Waals surface area contributed by atoms with Crippen LogP contribution in [-0.4, -0.2) is 23.8 Å². The molecule has 2 unspecified atom stereocenters. The molecule has 0 fully saturated rings. The highest BCUT2D eigenvalue weighted by Gasteiger charge is 2.40. The lowest BCUT2D eigenvalue weighted by atomic mass is 9.94. The van der Waals surface area contributed by atoms with Gasteiger partial charge in [0.1, 0.15) is 17.4 Å². The van der Waals surface area contributed by atoms with Crippen LogP contribution in [0.3, 0.4) is 0 Å².